The fourth-order valence-corrected chi connectivity index (χ4v) is 4.18. The predicted octanol–water partition coefficient (Wildman–Crippen LogP) is 4.58. The molecule has 16 heavy (non-hydrogen) atoms. The number of rotatable bonds is 4. The summed E-state index contributed by atoms with van der Waals surface area (Å²) in [5.41, 5.74) is 4.10. The summed E-state index contributed by atoms with van der Waals surface area (Å²) >= 11 is 7.13. The van der Waals surface area contributed by atoms with Gasteiger partial charge in [-0.15, -0.1) is 0 Å². The number of nitrogens with one attached hydrogen (secondary N) is 1. The molecule has 2 aromatic heterocycles. The van der Waals surface area contributed by atoms with E-state index >= 15 is 0 Å². The average Bonchev–Trinajstić information content (AvgIpc) is 2.84. The second kappa shape index (κ2) is 5.45. The van der Waals surface area contributed by atoms with Crippen molar-refractivity contribution in [2.45, 2.75) is 19.9 Å². The maximum absolute atomic E-state index is 3.62. The molecule has 2 aromatic rings. The Morgan fingerprint density at radius 1 is 1.19 bits per heavy atom. The van der Waals surface area contributed by atoms with Gasteiger partial charge >= 0.3 is 0 Å². The van der Waals surface area contributed by atoms with Crippen molar-refractivity contribution in [3.05, 3.63) is 42.7 Å². The lowest BCUT2D eigenvalue weighted by Gasteiger charge is -2.17. The molecule has 0 aromatic carbocycles. The largest absolute Gasteiger partial charge is 0.306 e. The third-order valence-corrected chi connectivity index (χ3v) is 5.20. The Balaban J connectivity index is 2.39. The Hall–Kier alpha value is -0.160. The minimum absolute atomic E-state index is 0.317. The molecular formula is C12H14BrNS2. The maximum atomic E-state index is 3.62. The van der Waals surface area contributed by atoms with E-state index in [1.807, 2.05) is 0 Å². The van der Waals surface area contributed by atoms with Crippen LogP contribution in [0.25, 0.3) is 0 Å². The van der Waals surface area contributed by atoms with Crippen molar-refractivity contribution in [1.29, 1.82) is 0 Å². The monoisotopic (exact) mass is 315 g/mol. The van der Waals surface area contributed by atoms with E-state index in [1.54, 1.807) is 22.7 Å². The highest BCUT2D eigenvalue weighted by atomic mass is 79.9. The molecule has 0 aliphatic rings. The molecular weight excluding hydrogens is 302 g/mol. The number of thiophene rings is 2. The summed E-state index contributed by atoms with van der Waals surface area (Å²) in [7, 11) is 0. The molecule has 0 radical (unpaired) electrons. The third-order valence-electron chi connectivity index (χ3n) is 2.57. The van der Waals surface area contributed by atoms with E-state index in [0.29, 0.717) is 6.04 Å². The second-order valence-corrected chi connectivity index (χ2v) is 6.02. The molecule has 0 aliphatic heterocycles. The van der Waals surface area contributed by atoms with Crippen LogP contribution in [-0.4, -0.2) is 6.54 Å². The van der Waals surface area contributed by atoms with Gasteiger partial charge in [-0.25, -0.2) is 0 Å². The van der Waals surface area contributed by atoms with Gasteiger partial charge in [-0.2, -0.15) is 22.7 Å². The average molecular weight is 316 g/mol. The molecule has 0 saturated carbocycles. The number of hydrogen-bond acceptors (Lipinski definition) is 3. The minimum atomic E-state index is 0.317. The SMILES string of the molecule is CCNC(c1cscc1C)c1cscc1Br. The summed E-state index contributed by atoms with van der Waals surface area (Å²) in [5.74, 6) is 0. The molecule has 1 nitrogen and oxygen atoms in total. The van der Waals surface area contributed by atoms with Gasteiger partial charge in [0.2, 0.25) is 0 Å². The van der Waals surface area contributed by atoms with E-state index in [4.69, 9.17) is 0 Å². The molecule has 0 fully saturated rings. The van der Waals surface area contributed by atoms with Gasteiger partial charge in [-0.1, -0.05) is 6.92 Å². The van der Waals surface area contributed by atoms with Gasteiger partial charge in [0, 0.05) is 9.85 Å². The molecule has 1 unspecified atom stereocenters. The number of hydrogen-bond donors (Lipinski definition) is 1. The highest BCUT2D eigenvalue weighted by molar-refractivity contribution is 9.10. The Kier molecular flexibility index (Phi) is 4.19. The number of aryl methyl sites for hydroxylation is 1. The second-order valence-electron chi connectivity index (χ2n) is 3.68. The summed E-state index contributed by atoms with van der Waals surface area (Å²) in [6, 6.07) is 0.317. The van der Waals surface area contributed by atoms with Gasteiger partial charge in [-0.3, -0.25) is 0 Å². The lowest BCUT2D eigenvalue weighted by Crippen LogP contribution is -2.21. The fourth-order valence-electron chi connectivity index (χ4n) is 1.75. The zero-order chi connectivity index (χ0) is 11.5. The molecule has 4 heteroatoms. The van der Waals surface area contributed by atoms with E-state index in [1.165, 1.54) is 21.2 Å². The quantitative estimate of drug-likeness (QED) is 0.870. The Labute approximate surface area is 113 Å². The van der Waals surface area contributed by atoms with Crippen LogP contribution in [0.1, 0.15) is 29.7 Å². The highest BCUT2D eigenvalue weighted by Gasteiger charge is 2.18. The molecule has 0 aliphatic carbocycles. The zero-order valence-corrected chi connectivity index (χ0v) is 12.5. The van der Waals surface area contributed by atoms with Crippen molar-refractivity contribution in [2.75, 3.05) is 6.54 Å². The van der Waals surface area contributed by atoms with Gasteiger partial charge in [-0.05, 0) is 62.2 Å². The van der Waals surface area contributed by atoms with Crippen molar-refractivity contribution in [2.24, 2.45) is 0 Å². The van der Waals surface area contributed by atoms with Crippen LogP contribution in [-0.2, 0) is 0 Å². The fraction of sp³-hybridized carbons (Fsp3) is 0.333. The summed E-state index contributed by atoms with van der Waals surface area (Å²) in [6.07, 6.45) is 0. The van der Waals surface area contributed by atoms with Crippen LogP contribution in [0.15, 0.2) is 26.0 Å². The van der Waals surface area contributed by atoms with E-state index in [2.05, 4.69) is 56.6 Å². The lowest BCUT2D eigenvalue weighted by molar-refractivity contribution is 0.629. The van der Waals surface area contributed by atoms with E-state index in [9.17, 15) is 0 Å². The first kappa shape index (κ1) is 12.3. The molecule has 1 atom stereocenters. The van der Waals surface area contributed by atoms with Crippen LogP contribution in [0.2, 0.25) is 0 Å². The first-order chi connectivity index (χ1) is 7.74. The molecule has 2 rings (SSSR count). The Bertz CT molecular complexity index is 421. The third kappa shape index (κ3) is 2.40. The summed E-state index contributed by atoms with van der Waals surface area (Å²) in [6.45, 7) is 5.30. The van der Waals surface area contributed by atoms with Crippen molar-refractivity contribution in [3.63, 3.8) is 0 Å². The van der Waals surface area contributed by atoms with Crippen molar-refractivity contribution in [1.82, 2.24) is 5.32 Å². The summed E-state index contributed by atoms with van der Waals surface area (Å²) in [5, 5.41) is 12.4. The van der Waals surface area contributed by atoms with Crippen LogP contribution >= 0.6 is 38.6 Å². The lowest BCUT2D eigenvalue weighted by atomic mass is 10.0. The Morgan fingerprint density at radius 3 is 2.38 bits per heavy atom. The summed E-state index contributed by atoms with van der Waals surface area (Å²) < 4.78 is 1.20. The van der Waals surface area contributed by atoms with Gasteiger partial charge in [0.1, 0.15) is 0 Å². The van der Waals surface area contributed by atoms with Crippen molar-refractivity contribution >= 4 is 38.6 Å². The molecule has 86 valence electrons. The van der Waals surface area contributed by atoms with Gasteiger partial charge in [0.25, 0.3) is 0 Å². The molecule has 0 spiro atoms. The smallest absolute Gasteiger partial charge is 0.0606 e. The topological polar surface area (TPSA) is 12.0 Å². The molecule has 0 bridgehead atoms. The standard InChI is InChI=1S/C12H14BrNS2/c1-3-14-12(9-5-15-4-8(9)2)10-6-16-7-11(10)13/h4-7,12,14H,3H2,1-2H3. The van der Waals surface area contributed by atoms with Crippen molar-refractivity contribution < 1.29 is 0 Å². The van der Waals surface area contributed by atoms with Gasteiger partial charge in [0.05, 0.1) is 6.04 Å². The molecule has 1 N–H and O–H groups in total. The van der Waals surface area contributed by atoms with Crippen LogP contribution in [0.5, 0.6) is 0 Å². The van der Waals surface area contributed by atoms with Crippen LogP contribution in [0, 0.1) is 6.92 Å². The highest BCUT2D eigenvalue weighted by Crippen LogP contribution is 2.34. The maximum Gasteiger partial charge on any atom is 0.0606 e. The molecule has 0 amide bonds. The first-order valence-electron chi connectivity index (χ1n) is 5.21. The molecule has 0 saturated heterocycles. The van der Waals surface area contributed by atoms with Gasteiger partial charge < -0.3 is 5.32 Å². The van der Waals surface area contributed by atoms with Gasteiger partial charge in [0.15, 0.2) is 0 Å². The Morgan fingerprint density at radius 2 is 1.88 bits per heavy atom. The van der Waals surface area contributed by atoms with Crippen LogP contribution < -0.4 is 5.32 Å². The number of halogens is 1. The predicted molar refractivity (Wildman–Crippen MR) is 76.6 cm³/mol. The van der Waals surface area contributed by atoms with Crippen LogP contribution in [0.3, 0.4) is 0 Å². The normalized spacial score (nSPS) is 12.9. The minimum Gasteiger partial charge on any atom is -0.306 e. The first-order valence-corrected chi connectivity index (χ1v) is 7.89. The molecule has 2 heterocycles. The van der Waals surface area contributed by atoms with E-state index in [-0.39, 0.29) is 0 Å². The summed E-state index contributed by atoms with van der Waals surface area (Å²) in [4.78, 5) is 0. The van der Waals surface area contributed by atoms with Crippen molar-refractivity contribution in [3.8, 4) is 0 Å². The van der Waals surface area contributed by atoms with Crippen LogP contribution in [0.4, 0.5) is 0 Å². The van der Waals surface area contributed by atoms with E-state index in [0.717, 1.165) is 6.54 Å². The van der Waals surface area contributed by atoms with E-state index < -0.39 is 0 Å². The zero-order valence-electron chi connectivity index (χ0n) is 9.29.